The fourth-order valence-corrected chi connectivity index (χ4v) is 2.07. The van der Waals surface area contributed by atoms with E-state index < -0.39 is 6.04 Å². The van der Waals surface area contributed by atoms with Crippen molar-refractivity contribution in [3.8, 4) is 0 Å². The second-order valence-corrected chi connectivity index (χ2v) is 4.89. The summed E-state index contributed by atoms with van der Waals surface area (Å²) < 4.78 is 1.63. The predicted molar refractivity (Wildman–Crippen MR) is 78.0 cm³/mol. The molecule has 0 aliphatic heterocycles. The van der Waals surface area contributed by atoms with Crippen molar-refractivity contribution in [3.05, 3.63) is 53.3 Å². The zero-order valence-electron chi connectivity index (χ0n) is 11.8. The van der Waals surface area contributed by atoms with Crippen LogP contribution < -0.4 is 11.1 Å². The lowest BCUT2D eigenvalue weighted by Crippen LogP contribution is -2.35. The van der Waals surface area contributed by atoms with E-state index in [1.165, 1.54) is 11.1 Å². The van der Waals surface area contributed by atoms with E-state index in [0.717, 1.165) is 12.0 Å². The molecule has 0 saturated carbocycles. The Morgan fingerprint density at radius 1 is 1.45 bits per heavy atom. The summed E-state index contributed by atoms with van der Waals surface area (Å²) in [6, 6.07) is 7.49. The highest BCUT2D eigenvalue weighted by Gasteiger charge is 2.16. The third-order valence-electron chi connectivity index (χ3n) is 3.32. The Balaban J connectivity index is 1.85. The van der Waals surface area contributed by atoms with E-state index in [-0.39, 0.29) is 5.91 Å². The van der Waals surface area contributed by atoms with E-state index in [1.807, 2.05) is 12.1 Å². The van der Waals surface area contributed by atoms with Crippen molar-refractivity contribution < 1.29 is 4.79 Å². The van der Waals surface area contributed by atoms with Crippen molar-refractivity contribution in [1.82, 2.24) is 15.1 Å². The quantitative estimate of drug-likeness (QED) is 0.855. The zero-order valence-corrected chi connectivity index (χ0v) is 11.8. The summed E-state index contributed by atoms with van der Waals surface area (Å²) in [7, 11) is 1.80. The lowest BCUT2D eigenvalue weighted by Gasteiger charge is -2.11. The topological polar surface area (TPSA) is 72.9 Å². The maximum atomic E-state index is 12.0. The number of aromatic nitrogens is 2. The Morgan fingerprint density at radius 3 is 2.85 bits per heavy atom. The molecule has 5 nitrogen and oxygen atoms in total. The van der Waals surface area contributed by atoms with Gasteiger partial charge < -0.3 is 11.1 Å². The van der Waals surface area contributed by atoms with Crippen LogP contribution in [0.2, 0.25) is 0 Å². The monoisotopic (exact) mass is 272 g/mol. The van der Waals surface area contributed by atoms with Gasteiger partial charge in [0.05, 0.1) is 6.20 Å². The average Bonchev–Trinajstić information content (AvgIpc) is 2.86. The summed E-state index contributed by atoms with van der Waals surface area (Å²) >= 11 is 0. The van der Waals surface area contributed by atoms with Crippen LogP contribution in [0, 0.1) is 6.92 Å². The largest absolute Gasteiger partial charge is 0.354 e. The molecule has 1 unspecified atom stereocenters. The minimum absolute atomic E-state index is 0.174. The molecule has 0 spiro atoms. The van der Waals surface area contributed by atoms with Gasteiger partial charge >= 0.3 is 0 Å². The standard InChI is InChI=1S/C15H20N4O/c1-11-5-3-4-6-12(11)7-8-17-15(20)14(16)13-9-18-19(2)10-13/h3-6,9-10,14H,7-8,16H2,1-2H3,(H,17,20). The molecule has 2 aromatic rings. The average molecular weight is 272 g/mol. The molecule has 0 saturated heterocycles. The van der Waals surface area contributed by atoms with Crippen LogP contribution in [0.1, 0.15) is 22.7 Å². The first-order valence-corrected chi connectivity index (χ1v) is 6.64. The van der Waals surface area contributed by atoms with Crippen LogP contribution in [0.4, 0.5) is 0 Å². The second kappa shape index (κ2) is 6.34. The van der Waals surface area contributed by atoms with Gasteiger partial charge in [0, 0.05) is 25.4 Å². The molecule has 1 atom stereocenters. The molecular weight excluding hydrogens is 252 g/mol. The Hall–Kier alpha value is -2.14. The SMILES string of the molecule is Cc1ccccc1CCNC(=O)C(N)c1cnn(C)c1. The molecule has 1 amide bonds. The highest BCUT2D eigenvalue weighted by atomic mass is 16.2. The highest BCUT2D eigenvalue weighted by molar-refractivity contribution is 5.82. The van der Waals surface area contributed by atoms with Crippen LogP contribution in [0.5, 0.6) is 0 Å². The third-order valence-corrected chi connectivity index (χ3v) is 3.32. The molecule has 0 aliphatic rings. The fraction of sp³-hybridized carbons (Fsp3) is 0.333. The van der Waals surface area contributed by atoms with Gasteiger partial charge in [-0.15, -0.1) is 0 Å². The van der Waals surface area contributed by atoms with Gasteiger partial charge in [-0.1, -0.05) is 24.3 Å². The van der Waals surface area contributed by atoms with Crippen molar-refractivity contribution >= 4 is 5.91 Å². The van der Waals surface area contributed by atoms with Gasteiger partial charge in [-0.05, 0) is 24.5 Å². The van der Waals surface area contributed by atoms with E-state index in [1.54, 1.807) is 24.1 Å². The zero-order chi connectivity index (χ0) is 14.5. The summed E-state index contributed by atoms with van der Waals surface area (Å²) in [6.07, 6.45) is 4.18. The molecule has 106 valence electrons. The smallest absolute Gasteiger partial charge is 0.241 e. The third kappa shape index (κ3) is 3.45. The number of nitrogens with two attached hydrogens (primary N) is 1. The van der Waals surface area contributed by atoms with E-state index in [2.05, 4.69) is 29.5 Å². The van der Waals surface area contributed by atoms with E-state index in [4.69, 9.17) is 5.73 Å². The number of hydrogen-bond acceptors (Lipinski definition) is 3. The first-order chi connectivity index (χ1) is 9.58. The number of carbonyl (C=O) groups is 1. The Morgan fingerprint density at radius 2 is 2.20 bits per heavy atom. The number of carbonyl (C=O) groups excluding carboxylic acids is 1. The number of benzene rings is 1. The Bertz CT molecular complexity index is 591. The van der Waals surface area contributed by atoms with E-state index in [9.17, 15) is 4.79 Å². The van der Waals surface area contributed by atoms with E-state index in [0.29, 0.717) is 6.54 Å². The first-order valence-electron chi connectivity index (χ1n) is 6.64. The summed E-state index contributed by atoms with van der Waals surface area (Å²) in [4.78, 5) is 12.0. The molecule has 0 radical (unpaired) electrons. The maximum absolute atomic E-state index is 12.0. The molecule has 1 aromatic carbocycles. The number of amides is 1. The van der Waals surface area contributed by atoms with Crippen LogP contribution in [0.25, 0.3) is 0 Å². The number of nitrogens with zero attached hydrogens (tertiary/aromatic N) is 2. The molecule has 0 fully saturated rings. The molecule has 2 rings (SSSR count). The predicted octanol–water partition coefficient (Wildman–Crippen LogP) is 1.09. The van der Waals surface area contributed by atoms with Gasteiger partial charge in [0.15, 0.2) is 0 Å². The molecule has 1 aromatic heterocycles. The molecule has 5 heteroatoms. The minimum Gasteiger partial charge on any atom is -0.354 e. The van der Waals surface area contributed by atoms with Crippen molar-refractivity contribution in [3.63, 3.8) is 0 Å². The van der Waals surface area contributed by atoms with Crippen LogP contribution in [-0.4, -0.2) is 22.2 Å². The molecule has 1 heterocycles. The molecule has 20 heavy (non-hydrogen) atoms. The number of aryl methyl sites for hydroxylation is 2. The van der Waals surface area contributed by atoms with Gasteiger partial charge in [-0.2, -0.15) is 5.10 Å². The van der Waals surface area contributed by atoms with Crippen molar-refractivity contribution in [1.29, 1.82) is 0 Å². The lowest BCUT2D eigenvalue weighted by molar-refractivity contribution is -0.122. The number of rotatable bonds is 5. The molecule has 0 bridgehead atoms. The van der Waals surface area contributed by atoms with Crippen molar-refractivity contribution in [2.45, 2.75) is 19.4 Å². The van der Waals surface area contributed by atoms with Crippen molar-refractivity contribution in [2.75, 3.05) is 6.54 Å². The number of nitrogens with one attached hydrogen (secondary N) is 1. The van der Waals surface area contributed by atoms with Gasteiger partial charge in [-0.3, -0.25) is 9.48 Å². The summed E-state index contributed by atoms with van der Waals surface area (Å²) in [5.74, 6) is -0.174. The summed E-state index contributed by atoms with van der Waals surface area (Å²) in [5.41, 5.74) is 9.09. The van der Waals surface area contributed by atoms with Gasteiger partial charge in [0.1, 0.15) is 6.04 Å². The fourth-order valence-electron chi connectivity index (χ4n) is 2.07. The van der Waals surface area contributed by atoms with Gasteiger partial charge in [0.25, 0.3) is 0 Å². The molecule has 3 N–H and O–H groups in total. The Kier molecular flexibility index (Phi) is 4.53. The summed E-state index contributed by atoms with van der Waals surface area (Å²) in [6.45, 7) is 2.65. The highest BCUT2D eigenvalue weighted by Crippen LogP contribution is 2.09. The molecule has 0 aliphatic carbocycles. The second-order valence-electron chi connectivity index (χ2n) is 4.89. The first kappa shape index (κ1) is 14.3. The van der Waals surface area contributed by atoms with E-state index >= 15 is 0 Å². The molecular formula is C15H20N4O. The lowest BCUT2D eigenvalue weighted by atomic mass is 10.1. The van der Waals surface area contributed by atoms with Gasteiger partial charge in [-0.25, -0.2) is 0 Å². The van der Waals surface area contributed by atoms with Crippen LogP contribution in [0.3, 0.4) is 0 Å². The normalized spacial score (nSPS) is 12.2. The van der Waals surface area contributed by atoms with Crippen LogP contribution in [-0.2, 0) is 18.3 Å². The van der Waals surface area contributed by atoms with Crippen LogP contribution in [0.15, 0.2) is 36.7 Å². The number of hydrogen-bond donors (Lipinski definition) is 2. The Labute approximate surface area is 118 Å². The van der Waals surface area contributed by atoms with Gasteiger partial charge in [0.2, 0.25) is 5.91 Å². The summed E-state index contributed by atoms with van der Waals surface area (Å²) in [5, 5.41) is 6.88. The van der Waals surface area contributed by atoms with Crippen molar-refractivity contribution in [2.24, 2.45) is 12.8 Å². The van der Waals surface area contributed by atoms with Crippen LogP contribution >= 0.6 is 0 Å². The minimum atomic E-state index is -0.666. The maximum Gasteiger partial charge on any atom is 0.241 e.